The lowest BCUT2D eigenvalue weighted by Gasteiger charge is -2.13. The van der Waals surface area contributed by atoms with Crippen LogP contribution in [0.15, 0.2) is 5.38 Å². The minimum absolute atomic E-state index is 0.144. The van der Waals surface area contributed by atoms with Crippen molar-refractivity contribution in [2.45, 2.75) is 38.5 Å². The largest absolute Gasteiger partial charge is 0.352 e. The van der Waals surface area contributed by atoms with Gasteiger partial charge in [-0.15, -0.1) is 11.3 Å². The maximum Gasteiger partial charge on any atom is 0.252 e. The van der Waals surface area contributed by atoms with Crippen molar-refractivity contribution in [3.05, 3.63) is 21.4 Å². The Balaban J connectivity index is 1.53. The molecule has 19 heavy (non-hydrogen) atoms. The molecule has 104 valence electrons. The topological polar surface area (TPSA) is 41.1 Å². The summed E-state index contributed by atoms with van der Waals surface area (Å²) in [5.41, 5.74) is 2.28. The Bertz CT molecular complexity index is 449. The molecule has 1 fully saturated rings. The fourth-order valence-electron chi connectivity index (χ4n) is 3.13. The van der Waals surface area contributed by atoms with Gasteiger partial charge in [-0.05, 0) is 63.1 Å². The first kappa shape index (κ1) is 13.1. The Morgan fingerprint density at radius 1 is 1.42 bits per heavy atom. The summed E-state index contributed by atoms with van der Waals surface area (Å²) < 4.78 is 0. The van der Waals surface area contributed by atoms with E-state index in [0.717, 1.165) is 44.0 Å². The van der Waals surface area contributed by atoms with E-state index < -0.39 is 0 Å². The van der Waals surface area contributed by atoms with E-state index in [9.17, 15) is 4.79 Å². The Hall–Kier alpha value is -0.870. The monoisotopic (exact) mass is 278 g/mol. The Labute approximate surface area is 118 Å². The summed E-state index contributed by atoms with van der Waals surface area (Å²) in [5.74, 6) is 0.891. The molecule has 0 bridgehead atoms. The molecule has 0 spiro atoms. The number of aryl methyl sites for hydroxylation is 1. The molecule has 2 aliphatic rings. The van der Waals surface area contributed by atoms with Gasteiger partial charge in [0.15, 0.2) is 0 Å². The van der Waals surface area contributed by atoms with Gasteiger partial charge in [0.2, 0.25) is 0 Å². The second kappa shape index (κ2) is 6.06. The predicted octanol–water partition coefficient (Wildman–Crippen LogP) is 2.36. The normalized spacial score (nSPS) is 22.2. The van der Waals surface area contributed by atoms with Crippen LogP contribution in [0.4, 0.5) is 0 Å². The van der Waals surface area contributed by atoms with Crippen molar-refractivity contribution in [2.24, 2.45) is 5.92 Å². The van der Waals surface area contributed by atoms with E-state index in [-0.39, 0.29) is 5.91 Å². The number of fused-ring (bicyclic) bond motifs is 1. The summed E-state index contributed by atoms with van der Waals surface area (Å²) in [6.07, 6.45) is 7.13. The molecule has 1 aromatic heterocycles. The number of carbonyl (C=O) groups is 1. The van der Waals surface area contributed by atoms with E-state index in [4.69, 9.17) is 0 Å². The zero-order valence-electron chi connectivity index (χ0n) is 11.3. The van der Waals surface area contributed by atoms with E-state index in [1.807, 2.05) is 0 Å². The molecular formula is C15H22N2OS. The second-order valence-electron chi connectivity index (χ2n) is 5.66. The lowest BCUT2D eigenvalue weighted by atomic mass is 9.95. The van der Waals surface area contributed by atoms with Crippen molar-refractivity contribution in [3.8, 4) is 0 Å². The molecule has 2 heterocycles. The molecule has 0 saturated carbocycles. The lowest BCUT2D eigenvalue weighted by Crippen LogP contribution is -2.27. The first-order chi connectivity index (χ1) is 9.34. The summed E-state index contributed by atoms with van der Waals surface area (Å²) in [5, 5.41) is 8.53. The molecule has 1 amide bonds. The highest BCUT2D eigenvalue weighted by molar-refractivity contribution is 7.10. The summed E-state index contributed by atoms with van der Waals surface area (Å²) in [6, 6.07) is 0. The van der Waals surface area contributed by atoms with Crippen LogP contribution in [0.1, 0.15) is 46.5 Å². The maximum atomic E-state index is 12.2. The summed E-state index contributed by atoms with van der Waals surface area (Å²) >= 11 is 1.77. The quantitative estimate of drug-likeness (QED) is 0.887. The third-order valence-electron chi connectivity index (χ3n) is 4.31. The molecule has 1 atom stereocenters. The van der Waals surface area contributed by atoms with Gasteiger partial charge < -0.3 is 10.6 Å². The third-order valence-corrected chi connectivity index (χ3v) is 5.40. The van der Waals surface area contributed by atoms with Crippen LogP contribution in [0.3, 0.4) is 0 Å². The zero-order chi connectivity index (χ0) is 13.1. The molecule has 1 aromatic rings. The molecule has 1 aliphatic carbocycles. The van der Waals surface area contributed by atoms with Crippen molar-refractivity contribution in [1.29, 1.82) is 0 Å². The van der Waals surface area contributed by atoms with Gasteiger partial charge in [0.25, 0.3) is 5.91 Å². The molecule has 3 nitrogen and oxygen atoms in total. The molecule has 3 rings (SSSR count). The van der Waals surface area contributed by atoms with Gasteiger partial charge in [0, 0.05) is 16.8 Å². The maximum absolute atomic E-state index is 12.2. The molecular weight excluding hydrogens is 256 g/mol. The van der Waals surface area contributed by atoms with E-state index >= 15 is 0 Å². The van der Waals surface area contributed by atoms with Crippen LogP contribution in [0.25, 0.3) is 0 Å². The van der Waals surface area contributed by atoms with Crippen LogP contribution in [-0.2, 0) is 12.8 Å². The van der Waals surface area contributed by atoms with Gasteiger partial charge in [0.1, 0.15) is 0 Å². The highest BCUT2D eigenvalue weighted by atomic mass is 32.1. The Morgan fingerprint density at radius 2 is 2.32 bits per heavy atom. The predicted molar refractivity (Wildman–Crippen MR) is 78.9 cm³/mol. The molecule has 0 radical (unpaired) electrons. The molecule has 1 saturated heterocycles. The van der Waals surface area contributed by atoms with Crippen LogP contribution >= 0.6 is 11.3 Å². The number of hydrogen-bond donors (Lipinski definition) is 2. The summed E-state index contributed by atoms with van der Waals surface area (Å²) in [7, 11) is 0. The lowest BCUT2D eigenvalue weighted by molar-refractivity contribution is 0.0951. The number of amides is 1. The first-order valence-electron chi connectivity index (χ1n) is 7.43. The summed E-state index contributed by atoms with van der Waals surface area (Å²) in [6.45, 7) is 3.07. The number of nitrogens with one attached hydrogen (secondary N) is 2. The number of thiophene rings is 1. The van der Waals surface area contributed by atoms with Crippen molar-refractivity contribution >= 4 is 17.2 Å². The smallest absolute Gasteiger partial charge is 0.252 e. The van der Waals surface area contributed by atoms with Crippen LogP contribution in [-0.4, -0.2) is 25.5 Å². The van der Waals surface area contributed by atoms with E-state index in [2.05, 4.69) is 16.0 Å². The van der Waals surface area contributed by atoms with Crippen molar-refractivity contribution in [3.63, 3.8) is 0 Å². The van der Waals surface area contributed by atoms with Crippen molar-refractivity contribution < 1.29 is 4.79 Å². The van der Waals surface area contributed by atoms with Gasteiger partial charge >= 0.3 is 0 Å². The molecule has 1 aliphatic heterocycles. The Morgan fingerprint density at radius 3 is 3.16 bits per heavy atom. The van der Waals surface area contributed by atoms with Crippen LogP contribution in [0.5, 0.6) is 0 Å². The highest BCUT2D eigenvalue weighted by Crippen LogP contribution is 2.30. The van der Waals surface area contributed by atoms with E-state index in [1.165, 1.54) is 36.1 Å². The first-order valence-corrected chi connectivity index (χ1v) is 8.30. The van der Waals surface area contributed by atoms with E-state index in [0.29, 0.717) is 0 Å². The van der Waals surface area contributed by atoms with Gasteiger partial charge in [-0.3, -0.25) is 4.79 Å². The minimum Gasteiger partial charge on any atom is -0.352 e. The fraction of sp³-hybridized carbons (Fsp3) is 0.667. The van der Waals surface area contributed by atoms with Gasteiger partial charge in [-0.2, -0.15) is 0 Å². The third kappa shape index (κ3) is 3.00. The summed E-state index contributed by atoms with van der Waals surface area (Å²) in [4.78, 5) is 13.7. The minimum atomic E-state index is 0.144. The van der Waals surface area contributed by atoms with Gasteiger partial charge in [-0.25, -0.2) is 0 Å². The molecule has 4 heteroatoms. The average Bonchev–Trinajstić information content (AvgIpc) is 3.07. The number of rotatable bonds is 4. The molecule has 0 aromatic carbocycles. The Kier molecular flexibility index (Phi) is 4.18. The van der Waals surface area contributed by atoms with Gasteiger partial charge in [-0.1, -0.05) is 0 Å². The average molecular weight is 278 g/mol. The second-order valence-corrected chi connectivity index (χ2v) is 6.63. The zero-order valence-corrected chi connectivity index (χ0v) is 12.2. The number of hydrogen-bond acceptors (Lipinski definition) is 3. The molecule has 1 unspecified atom stereocenters. The highest BCUT2D eigenvalue weighted by Gasteiger charge is 2.20. The molecule has 2 N–H and O–H groups in total. The SMILES string of the molecule is O=C(NCCC1CCNC1)c1csc2c1CCCC2. The standard InChI is InChI=1S/C15H22N2OS/c18-15(17-8-6-11-5-7-16-9-11)13-10-19-14-4-2-1-3-12(13)14/h10-11,16H,1-9H2,(H,17,18). The fourth-order valence-corrected chi connectivity index (χ4v) is 4.26. The number of carbonyl (C=O) groups excluding carboxylic acids is 1. The van der Waals surface area contributed by atoms with Gasteiger partial charge in [0.05, 0.1) is 5.56 Å². The van der Waals surface area contributed by atoms with Crippen LogP contribution in [0, 0.1) is 5.92 Å². The van der Waals surface area contributed by atoms with E-state index in [1.54, 1.807) is 11.3 Å². The van der Waals surface area contributed by atoms with Crippen LogP contribution in [0.2, 0.25) is 0 Å². The van der Waals surface area contributed by atoms with Crippen LogP contribution < -0.4 is 10.6 Å². The van der Waals surface area contributed by atoms with Crippen molar-refractivity contribution in [1.82, 2.24) is 10.6 Å². The van der Waals surface area contributed by atoms with Crippen molar-refractivity contribution in [2.75, 3.05) is 19.6 Å².